The molecule has 0 bridgehead atoms. The molecule has 1 aromatic heterocycles. The molecule has 4 nitrogen and oxygen atoms in total. The lowest BCUT2D eigenvalue weighted by Crippen LogP contribution is -2.41. The van der Waals surface area contributed by atoms with Gasteiger partial charge >= 0.3 is 0 Å². The number of aromatic nitrogens is 2. The molecule has 1 aliphatic carbocycles. The van der Waals surface area contributed by atoms with Crippen LogP contribution < -0.4 is 0 Å². The Labute approximate surface area is 115 Å². The van der Waals surface area contributed by atoms with Gasteiger partial charge in [-0.2, -0.15) is 5.10 Å². The fourth-order valence-corrected chi connectivity index (χ4v) is 3.06. The van der Waals surface area contributed by atoms with Crippen LogP contribution >= 0.6 is 0 Å². The maximum atomic E-state index is 10.3. The Bertz CT molecular complexity index is 393. The van der Waals surface area contributed by atoms with E-state index in [2.05, 4.69) is 18.9 Å². The van der Waals surface area contributed by atoms with Gasteiger partial charge in [0, 0.05) is 12.6 Å². The number of hydrogen-bond acceptors (Lipinski definition) is 3. The molecule has 0 saturated heterocycles. The van der Waals surface area contributed by atoms with Crippen LogP contribution in [0.1, 0.15) is 64.1 Å². The fraction of sp³-hybridized carbons (Fsp3) is 0.800. The van der Waals surface area contributed by atoms with Crippen molar-refractivity contribution in [3.8, 4) is 0 Å². The third kappa shape index (κ3) is 3.18. The quantitative estimate of drug-likeness (QED) is 0.831. The lowest BCUT2D eigenvalue weighted by atomic mass is 9.92. The molecule has 1 fully saturated rings. The largest absolute Gasteiger partial charge is 0.390 e. The summed E-state index contributed by atoms with van der Waals surface area (Å²) in [4.78, 5) is 0. The summed E-state index contributed by atoms with van der Waals surface area (Å²) in [5, 5.41) is 25.1. The Balaban J connectivity index is 1.99. The van der Waals surface area contributed by atoms with Crippen LogP contribution in [-0.4, -0.2) is 31.7 Å². The van der Waals surface area contributed by atoms with Crippen molar-refractivity contribution in [3.05, 3.63) is 18.0 Å². The molecular formula is C15H26N2O2. The Hall–Kier alpha value is -0.870. The average Bonchev–Trinajstić information content (AvgIpc) is 3.02. The zero-order valence-corrected chi connectivity index (χ0v) is 12.0. The molecule has 1 unspecified atom stereocenters. The van der Waals surface area contributed by atoms with E-state index in [4.69, 9.17) is 0 Å². The molecule has 1 saturated carbocycles. The Kier molecular flexibility index (Phi) is 4.63. The summed E-state index contributed by atoms with van der Waals surface area (Å²) in [7, 11) is 0. The van der Waals surface area contributed by atoms with Crippen molar-refractivity contribution in [2.24, 2.45) is 0 Å². The van der Waals surface area contributed by atoms with E-state index in [0.717, 1.165) is 31.4 Å². The molecule has 0 aliphatic heterocycles. The molecule has 4 heteroatoms. The molecule has 19 heavy (non-hydrogen) atoms. The van der Waals surface area contributed by atoms with Crippen molar-refractivity contribution in [2.45, 2.75) is 76.5 Å². The second-order valence-corrected chi connectivity index (χ2v) is 5.79. The molecule has 2 N–H and O–H groups in total. The lowest BCUT2D eigenvalue weighted by molar-refractivity contribution is -0.0693. The highest BCUT2D eigenvalue weighted by molar-refractivity contribution is 5.05. The van der Waals surface area contributed by atoms with Gasteiger partial charge in [0.05, 0.1) is 23.4 Å². The van der Waals surface area contributed by atoms with Gasteiger partial charge in [-0.05, 0) is 31.7 Å². The van der Waals surface area contributed by atoms with Gasteiger partial charge in [-0.1, -0.05) is 26.7 Å². The Morgan fingerprint density at radius 3 is 2.53 bits per heavy atom. The molecule has 0 amide bonds. The first-order valence-electron chi connectivity index (χ1n) is 7.53. The fourth-order valence-electron chi connectivity index (χ4n) is 3.06. The summed E-state index contributed by atoms with van der Waals surface area (Å²) in [6.07, 6.45) is 7.30. The number of aliphatic hydroxyl groups excluding tert-OH is 1. The van der Waals surface area contributed by atoms with E-state index in [-0.39, 0.29) is 0 Å². The third-order valence-electron chi connectivity index (χ3n) is 4.47. The highest BCUT2D eigenvalue weighted by atomic mass is 16.3. The Morgan fingerprint density at radius 2 is 1.95 bits per heavy atom. The minimum Gasteiger partial charge on any atom is -0.390 e. The van der Waals surface area contributed by atoms with Gasteiger partial charge in [-0.15, -0.1) is 0 Å². The van der Waals surface area contributed by atoms with E-state index in [9.17, 15) is 10.2 Å². The molecule has 0 radical (unpaired) electrons. The van der Waals surface area contributed by atoms with E-state index in [1.54, 1.807) is 0 Å². The maximum Gasteiger partial charge on any atom is 0.0909 e. The van der Waals surface area contributed by atoms with Gasteiger partial charge in [0.25, 0.3) is 0 Å². The van der Waals surface area contributed by atoms with Crippen LogP contribution in [0.2, 0.25) is 0 Å². The summed E-state index contributed by atoms with van der Waals surface area (Å²) >= 11 is 0. The monoisotopic (exact) mass is 266 g/mol. The molecule has 1 aliphatic rings. The molecule has 2 rings (SSSR count). The minimum absolute atomic E-state index is 0.431. The number of hydrogen-bond donors (Lipinski definition) is 2. The van der Waals surface area contributed by atoms with Gasteiger partial charge in [-0.3, -0.25) is 4.68 Å². The van der Waals surface area contributed by atoms with Crippen LogP contribution in [0.25, 0.3) is 0 Å². The van der Waals surface area contributed by atoms with Crippen LogP contribution in [0.5, 0.6) is 0 Å². The van der Waals surface area contributed by atoms with Gasteiger partial charge in [0.2, 0.25) is 0 Å². The van der Waals surface area contributed by atoms with Crippen LogP contribution in [0.3, 0.4) is 0 Å². The normalized spacial score (nSPS) is 20.1. The summed E-state index contributed by atoms with van der Waals surface area (Å²) in [5.41, 5.74) is -0.0154. The molecule has 0 spiro atoms. The Morgan fingerprint density at radius 1 is 1.32 bits per heavy atom. The summed E-state index contributed by atoms with van der Waals surface area (Å²) in [6, 6.07) is 2.39. The first-order chi connectivity index (χ1) is 9.09. The van der Waals surface area contributed by atoms with Crippen molar-refractivity contribution < 1.29 is 10.2 Å². The van der Waals surface area contributed by atoms with E-state index < -0.39 is 11.7 Å². The SMILES string of the molecule is CCC(CC)n1ccc(CC(O)C2(O)CCCC2)n1. The molecule has 1 atom stereocenters. The molecule has 108 valence electrons. The number of aliphatic hydroxyl groups is 2. The second-order valence-electron chi connectivity index (χ2n) is 5.79. The van der Waals surface area contributed by atoms with Crippen molar-refractivity contribution in [2.75, 3.05) is 0 Å². The highest BCUT2D eigenvalue weighted by Gasteiger charge is 2.38. The molecule has 1 heterocycles. The van der Waals surface area contributed by atoms with Crippen LogP contribution in [0.4, 0.5) is 0 Å². The maximum absolute atomic E-state index is 10.3. The van der Waals surface area contributed by atoms with Gasteiger partial charge in [0.1, 0.15) is 0 Å². The average molecular weight is 266 g/mol. The van der Waals surface area contributed by atoms with E-state index in [1.165, 1.54) is 0 Å². The summed E-state index contributed by atoms with van der Waals surface area (Å²) < 4.78 is 1.99. The van der Waals surface area contributed by atoms with Gasteiger partial charge in [-0.25, -0.2) is 0 Å². The molecular weight excluding hydrogens is 240 g/mol. The predicted molar refractivity (Wildman–Crippen MR) is 75.0 cm³/mol. The first kappa shape index (κ1) is 14.5. The van der Waals surface area contributed by atoms with Crippen LogP contribution in [-0.2, 0) is 6.42 Å². The van der Waals surface area contributed by atoms with Gasteiger partial charge in [0.15, 0.2) is 0 Å². The highest BCUT2D eigenvalue weighted by Crippen LogP contribution is 2.33. The molecule has 0 aromatic carbocycles. The van der Waals surface area contributed by atoms with Crippen molar-refractivity contribution in [1.82, 2.24) is 9.78 Å². The second kappa shape index (κ2) is 6.06. The predicted octanol–water partition coefficient (Wildman–Crippen LogP) is 2.45. The third-order valence-corrected chi connectivity index (χ3v) is 4.47. The zero-order chi connectivity index (χ0) is 13.9. The summed E-state index contributed by atoms with van der Waals surface area (Å²) in [5.74, 6) is 0. The van der Waals surface area contributed by atoms with Crippen LogP contribution in [0.15, 0.2) is 12.3 Å². The van der Waals surface area contributed by atoms with E-state index >= 15 is 0 Å². The van der Waals surface area contributed by atoms with E-state index in [1.807, 2.05) is 16.9 Å². The van der Waals surface area contributed by atoms with Crippen molar-refractivity contribution >= 4 is 0 Å². The lowest BCUT2D eigenvalue weighted by Gasteiger charge is -2.27. The minimum atomic E-state index is -0.890. The number of rotatable bonds is 6. The van der Waals surface area contributed by atoms with Gasteiger partial charge < -0.3 is 10.2 Å². The first-order valence-corrected chi connectivity index (χ1v) is 7.53. The zero-order valence-electron chi connectivity index (χ0n) is 12.0. The van der Waals surface area contributed by atoms with Crippen LogP contribution in [0, 0.1) is 0 Å². The molecule has 1 aromatic rings. The standard InChI is InChI=1S/C15H26N2O2/c1-3-13(4-2)17-10-7-12(16-17)11-14(18)15(19)8-5-6-9-15/h7,10,13-14,18-19H,3-6,8-9,11H2,1-2H3. The number of nitrogens with zero attached hydrogens (tertiary/aromatic N) is 2. The van der Waals surface area contributed by atoms with E-state index in [0.29, 0.717) is 25.3 Å². The topological polar surface area (TPSA) is 58.3 Å². The smallest absolute Gasteiger partial charge is 0.0909 e. The van der Waals surface area contributed by atoms with Crippen molar-refractivity contribution in [1.29, 1.82) is 0 Å². The summed E-state index contributed by atoms with van der Waals surface area (Å²) in [6.45, 7) is 4.32. The van der Waals surface area contributed by atoms with Crippen molar-refractivity contribution in [3.63, 3.8) is 0 Å².